The van der Waals surface area contributed by atoms with Crippen LogP contribution in [0, 0.1) is 5.92 Å². The number of carbonyl (C=O) groups is 1. The van der Waals surface area contributed by atoms with Crippen molar-refractivity contribution >= 4 is 32.7 Å². The van der Waals surface area contributed by atoms with Crippen LogP contribution in [0.25, 0.3) is 10.9 Å². The van der Waals surface area contributed by atoms with E-state index >= 15 is 0 Å². The van der Waals surface area contributed by atoms with Crippen molar-refractivity contribution in [1.29, 1.82) is 0 Å². The summed E-state index contributed by atoms with van der Waals surface area (Å²) in [5.41, 5.74) is 1.95. The van der Waals surface area contributed by atoms with Crippen LogP contribution in [0.4, 0.5) is 5.82 Å². The van der Waals surface area contributed by atoms with Crippen LogP contribution in [0.5, 0.6) is 0 Å². The summed E-state index contributed by atoms with van der Waals surface area (Å²) in [7, 11) is -3.56. The summed E-state index contributed by atoms with van der Waals surface area (Å²) >= 11 is 0. The molecule has 2 aliphatic heterocycles. The highest BCUT2D eigenvalue weighted by Crippen LogP contribution is 2.26. The molecule has 1 atom stereocenters. The van der Waals surface area contributed by atoms with Gasteiger partial charge in [-0.05, 0) is 55.2 Å². The van der Waals surface area contributed by atoms with Crippen molar-refractivity contribution in [2.45, 2.75) is 24.2 Å². The van der Waals surface area contributed by atoms with Crippen LogP contribution in [0.1, 0.15) is 18.4 Å². The molecule has 3 heterocycles. The van der Waals surface area contributed by atoms with E-state index in [1.165, 1.54) is 9.87 Å². The molecule has 36 heavy (non-hydrogen) atoms. The van der Waals surface area contributed by atoms with Gasteiger partial charge in [0.1, 0.15) is 5.82 Å². The van der Waals surface area contributed by atoms with Gasteiger partial charge in [0.05, 0.1) is 29.5 Å². The molecule has 1 unspecified atom stereocenters. The van der Waals surface area contributed by atoms with Crippen LogP contribution < -0.4 is 10.2 Å². The van der Waals surface area contributed by atoms with Crippen LogP contribution in [0.2, 0.25) is 0 Å². The zero-order valence-electron chi connectivity index (χ0n) is 20.3. The van der Waals surface area contributed by atoms with Gasteiger partial charge in [0.2, 0.25) is 15.9 Å². The first-order valence-electron chi connectivity index (χ1n) is 12.6. The van der Waals surface area contributed by atoms with E-state index in [9.17, 15) is 13.2 Å². The largest absolute Gasteiger partial charge is 0.379 e. The summed E-state index contributed by atoms with van der Waals surface area (Å²) in [6.07, 6.45) is 2.61. The molecule has 2 saturated heterocycles. The standard InChI is InChI=1S/C27H32N4O4S/c32-27(28-13-12-21-5-2-1-3-6-21)23-7-4-14-30(20-23)26-11-8-22-19-24(9-10-25(22)29-26)36(33,34)31-15-17-35-18-16-31/h1-3,5-6,8-11,19,23H,4,7,12-18,20H2,(H,28,32). The van der Waals surface area contributed by atoms with Crippen LogP contribution in [-0.2, 0) is 26.0 Å². The molecule has 0 aliphatic carbocycles. The fourth-order valence-corrected chi connectivity index (χ4v) is 6.33. The molecule has 0 saturated carbocycles. The Morgan fingerprint density at radius 2 is 1.83 bits per heavy atom. The summed E-state index contributed by atoms with van der Waals surface area (Å²) in [6.45, 7) is 3.67. The number of aromatic nitrogens is 1. The minimum Gasteiger partial charge on any atom is -0.379 e. The molecular weight excluding hydrogens is 476 g/mol. The maximum Gasteiger partial charge on any atom is 0.243 e. The average Bonchev–Trinajstić information content (AvgIpc) is 2.93. The molecule has 1 amide bonds. The summed E-state index contributed by atoms with van der Waals surface area (Å²) in [6, 6.07) is 19.1. The zero-order valence-corrected chi connectivity index (χ0v) is 21.1. The molecule has 1 aromatic heterocycles. The maximum atomic E-state index is 13.0. The highest BCUT2D eigenvalue weighted by Gasteiger charge is 2.28. The van der Waals surface area contributed by atoms with Gasteiger partial charge in [0.25, 0.3) is 0 Å². The van der Waals surface area contributed by atoms with Crippen LogP contribution in [0.3, 0.4) is 0 Å². The summed E-state index contributed by atoms with van der Waals surface area (Å²) in [5.74, 6) is 0.829. The van der Waals surface area contributed by atoms with Crippen molar-refractivity contribution in [2.24, 2.45) is 5.92 Å². The molecule has 0 spiro atoms. The molecule has 2 aliphatic rings. The Bertz CT molecular complexity index is 1310. The number of morpholine rings is 1. The van der Waals surface area contributed by atoms with Crippen LogP contribution in [0.15, 0.2) is 65.6 Å². The monoisotopic (exact) mass is 508 g/mol. The molecule has 3 aromatic rings. The van der Waals surface area contributed by atoms with Crippen molar-refractivity contribution in [1.82, 2.24) is 14.6 Å². The van der Waals surface area contributed by atoms with E-state index in [-0.39, 0.29) is 16.7 Å². The Kier molecular flexibility index (Phi) is 7.50. The number of nitrogens with one attached hydrogen (secondary N) is 1. The van der Waals surface area contributed by atoms with Crippen LogP contribution >= 0.6 is 0 Å². The van der Waals surface area contributed by atoms with Crippen molar-refractivity contribution < 1.29 is 17.9 Å². The smallest absolute Gasteiger partial charge is 0.243 e. The van der Waals surface area contributed by atoms with Gasteiger partial charge < -0.3 is 15.0 Å². The Morgan fingerprint density at radius 1 is 1.03 bits per heavy atom. The van der Waals surface area contributed by atoms with Crippen molar-refractivity contribution in [3.05, 3.63) is 66.2 Å². The third kappa shape index (κ3) is 5.53. The van der Waals surface area contributed by atoms with Gasteiger partial charge in [-0.3, -0.25) is 4.79 Å². The number of rotatable bonds is 7. The Balaban J connectivity index is 1.24. The van der Waals surface area contributed by atoms with Crippen LogP contribution in [-0.4, -0.2) is 69.6 Å². The number of ether oxygens (including phenoxy) is 1. The Labute approximate surface area is 212 Å². The lowest BCUT2D eigenvalue weighted by Gasteiger charge is -2.33. The second-order valence-electron chi connectivity index (χ2n) is 9.35. The minimum absolute atomic E-state index is 0.0759. The quantitative estimate of drug-likeness (QED) is 0.528. The lowest BCUT2D eigenvalue weighted by atomic mass is 9.97. The number of sulfonamides is 1. The predicted molar refractivity (Wildman–Crippen MR) is 139 cm³/mol. The van der Waals surface area contributed by atoms with Crippen molar-refractivity contribution in [3.63, 3.8) is 0 Å². The number of fused-ring (bicyclic) bond motifs is 1. The van der Waals surface area contributed by atoms with E-state index in [2.05, 4.69) is 22.3 Å². The number of carbonyl (C=O) groups excluding carboxylic acids is 1. The minimum atomic E-state index is -3.56. The van der Waals surface area contributed by atoms with Gasteiger partial charge in [-0.2, -0.15) is 4.31 Å². The first-order valence-corrected chi connectivity index (χ1v) is 14.0. The summed E-state index contributed by atoms with van der Waals surface area (Å²) in [5, 5.41) is 3.87. The lowest BCUT2D eigenvalue weighted by molar-refractivity contribution is -0.125. The molecule has 1 N–H and O–H groups in total. The SMILES string of the molecule is O=C(NCCc1ccccc1)C1CCCN(c2ccc3cc(S(=O)(=O)N4CCOCC4)ccc3n2)C1. The topological polar surface area (TPSA) is 91.8 Å². The van der Waals surface area contributed by atoms with Gasteiger partial charge in [-0.1, -0.05) is 30.3 Å². The van der Waals surface area contributed by atoms with E-state index in [4.69, 9.17) is 9.72 Å². The fraction of sp³-hybridized carbons (Fsp3) is 0.407. The number of hydrogen-bond acceptors (Lipinski definition) is 6. The number of benzene rings is 2. The molecule has 8 nitrogen and oxygen atoms in total. The Morgan fingerprint density at radius 3 is 2.64 bits per heavy atom. The van der Waals surface area contributed by atoms with Gasteiger partial charge >= 0.3 is 0 Å². The number of amides is 1. The van der Waals surface area contributed by atoms with E-state index in [0.717, 1.165) is 42.5 Å². The molecule has 0 radical (unpaired) electrons. The van der Waals surface area contributed by atoms with Crippen molar-refractivity contribution in [2.75, 3.05) is 50.8 Å². The molecule has 190 valence electrons. The first-order chi connectivity index (χ1) is 17.5. The summed E-state index contributed by atoms with van der Waals surface area (Å²) < 4.78 is 32.8. The highest BCUT2D eigenvalue weighted by molar-refractivity contribution is 7.89. The molecular formula is C27H32N4O4S. The lowest BCUT2D eigenvalue weighted by Crippen LogP contribution is -2.43. The predicted octanol–water partition coefficient (Wildman–Crippen LogP) is 2.83. The Hall–Kier alpha value is -3.01. The number of piperidine rings is 1. The molecule has 9 heteroatoms. The van der Waals surface area contributed by atoms with Crippen molar-refractivity contribution in [3.8, 4) is 0 Å². The first kappa shape index (κ1) is 24.7. The van der Waals surface area contributed by atoms with Gasteiger partial charge in [-0.15, -0.1) is 0 Å². The fourth-order valence-electron chi connectivity index (χ4n) is 4.88. The zero-order chi connectivity index (χ0) is 25.0. The van der Waals surface area contributed by atoms with E-state index in [0.29, 0.717) is 39.4 Å². The van der Waals surface area contributed by atoms with Gasteiger partial charge in [0, 0.05) is 38.1 Å². The van der Waals surface area contributed by atoms with Gasteiger partial charge in [-0.25, -0.2) is 13.4 Å². The number of nitrogens with zero attached hydrogens (tertiary/aromatic N) is 3. The highest BCUT2D eigenvalue weighted by atomic mass is 32.2. The third-order valence-electron chi connectivity index (χ3n) is 6.93. The van der Waals surface area contributed by atoms with E-state index < -0.39 is 10.0 Å². The maximum absolute atomic E-state index is 13.0. The normalized spacial score (nSPS) is 19.3. The molecule has 5 rings (SSSR count). The molecule has 2 fully saturated rings. The third-order valence-corrected chi connectivity index (χ3v) is 8.82. The van der Waals surface area contributed by atoms with E-state index in [1.807, 2.05) is 30.3 Å². The number of pyridine rings is 1. The average molecular weight is 509 g/mol. The summed E-state index contributed by atoms with van der Waals surface area (Å²) in [4.78, 5) is 20.0. The number of anilines is 1. The number of hydrogen-bond donors (Lipinski definition) is 1. The molecule has 2 aromatic carbocycles. The molecule has 0 bridgehead atoms. The second kappa shape index (κ2) is 10.9. The van der Waals surface area contributed by atoms with E-state index in [1.54, 1.807) is 18.2 Å². The van der Waals surface area contributed by atoms with Gasteiger partial charge in [0.15, 0.2) is 0 Å². The second-order valence-corrected chi connectivity index (χ2v) is 11.3.